The summed E-state index contributed by atoms with van der Waals surface area (Å²) in [5.74, 6) is -1.60. The lowest BCUT2D eigenvalue weighted by Gasteiger charge is -2.26. The highest BCUT2D eigenvalue weighted by atomic mass is 16.4. The van der Waals surface area contributed by atoms with Gasteiger partial charge in [0.2, 0.25) is 11.8 Å². The fourth-order valence-corrected chi connectivity index (χ4v) is 2.40. The molecule has 0 bridgehead atoms. The van der Waals surface area contributed by atoms with Crippen LogP contribution in [0.1, 0.15) is 38.5 Å². The molecule has 0 aromatic heterocycles. The first kappa shape index (κ1) is 11.9. The molecule has 0 heterocycles. The lowest BCUT2D eigenvalue weighted by molar-refractivity contribution is -0.139. The van der Waals surface area contributed by atoms with Gasteiger partial charge in [-0.05, 0) is 24.7 Å². The molecule has 1 spiro atoms. The van der Waals surface area contributed by atoms with E-state index in [1.165, 1.54) is 6.42 Å². The number of nitrogens with one attached hydrogen (secondary N) is 2. The number of carboxylic acids is 1. The number of carbonyl (C=O) groups excluding carboxylic acids is 2. The molecule has 1 atom stereocenters. The minimum Gasteiger partial charge on any atom is -0.481 e. The van der Waals surface area contributed by atoms with Crippen LogP contribution in [0.4, 0.5) is 0 Å². The number of carbonyl (C=O) groups is 3. The second-order valence-electron chi connectivity index (χ2n) is 4.90. The summed E-state index contributed by atoms with van der Waals surface area (Å²) in [4.78, 5) is 33.0. The molecule has 94 valence electrons. The number of hydrogen-bond acceptors (Lipinski definition) is 3. The lowest BCUT2D eigenvalue weighted by atomic mass is 9.80. The zero-order chi connectivity index (χ0) is 12.5. The van der Waals surface area contributed by atoms with Gasteiger partial charge < -0.3 is 5.11 Å². The van der Waals surface area contributed by atoms with Crippen LogP contribution in [0.5, 0.6) is 0 Å². The van der Waals surface area contributed by atoms with Gasteiger partial charge in [0.1, 0.15) is 0 Å². The van der Waals surface area contributed by atoms with Crippen LogP contribution < -0.4 is 10.9 Å². The summed E-state index contributed by atoms with van der Waals surface area (Å²) in [7, 11) is 0. The maximum Gasteiger partial charge on any atom is 0.303 e. The van der Waals surface area contributed by atoms with E-state index < -0.39 is 11.9 Å². The quantitative estimate of drug-likeness (QED) is 0.611. The highest BCUT2D eigenvalue weighted by Crippen LogP contribution is 2.65. The normalized spacial score (nSPS) is 23.6. The third-order valence-corrected chi connectivity index (χ3v) is 3.75. The standard InChI is InChI=1S/C11H16N2O4/c14-8(2-3-9(15)16)12-13-10(17)7-6-11(7)4-1-5-11/h7H,1-6H2,(H,12,14)(H,13,17)(H,15,16)/t7-/m0/s1. The molecule has 6 heteroatoms. The Hall–Kier alpha value is -1.59. The summed E-state index contributed by atoms with van der Waals surface area (Å²) in [5.41, 5.74) is 4.84. The first-order chi connectivity index (χ1) is 8.03. The fraction of sp³-hybridized carbons (Fsp3) is 0.727. The molecule has 2 fully saturated rings. The van der Waals surface area contributed by atoms with Crippen molar-refractivity contribution >= 4 is 17.8 Å². The van der Waals surface area contributed by atoms with Crippen molar-refractivity contribution in [1.29, 1.82) is 0 Å². The maximum atomic E-state index is 11.6. The van der Waals surface area contributed by atoms with Gasteiger partial charge in [0.05, 0.1) is 6.42 Å². The van der Waals surface area contributed by atoms with Crippen LogP contribution in [0.15, 0.2) is 0 Å². The van der Waals surface area contributed by atoms with Crippen molar-refractivity contribution in [3.8, 4) is 0 Å². The molecule has 0 aliphatic heterocycles. The van der Waals surface area contributed by atoms with Crippen LogP contribution in [0.3, 0.4) is 0 Å². The van der Waals surface area contributed by atoms with E-state index in [1.54, 1.807) is 0 Å². The molecule has 2 amide bonds. The van der Waals surface area contributed by atoms with Gasteiger partial charge in [0, 0.05) is 12.3 Å². The van der Waals surface area contributed by atoms with Gasteiger partial charge in [-0.15, -0.1) is 0 Å². The Kier molecular flexibility index (Phi) is 3.04. The summed E-state index contributed by atoms with van der Waals surface area (Å²) in [6, 6.07) is 0. The molecule has 2 aliphatic rings. The molecule has 0 aromatic rings. The minimum absolute atomic E-state index is 0.0380. The van der Waals surface area contributed by atoms with E-state index in [1.807, 2.05) is 0 Å². The van der Waals surface area contributed by atoms with Crippen molar-refractivity contribution in [3.05, 3.63) is 0 Å². The highest BCUT2D eigenvalue weighted by Gasteiger charge is 2.60. The fourth-order valence-electron chi connectivity index (χ4n) is 2.40. The van der Waals surface area contributed by atoms with Crippen molar-refractivity contribution in [2.45, 2.75) is 38.5 Å². The molecule has 0 radical (unpaired) electrons. The van der Waals surface area contributed by atoms with E-state index in [0.717, 1.165) is 19.3 Å². The second-order valence-corrected chi connectivity index (χ2v) is 4.90. The predicted molar refractivity (Wildman–Crippen MR) is 57.5 cm³/mol. The zero-order valence-corrected chi connectivity index (χ0v) is 9.49. The van der Waals surface area contributed by atoms with Crippen LogP contribution in [-0.4, -0.2) is 22.9 Å². The number of amides is 2. The second kappa shape index (κ2) is 4.35. The maximum absolute atomic E-state index is 11.6. The van der Waals surface area contributed by atoms with E-state index in [0.29, 0.717) is 0 Å². The average molecular weight is 240 g/mol. The van der Waals surface area contributed by atoms with Gasteiger partial charge in [0.25, 0.3) is 0 Å². The summed E-state index contributed by atoms with van der Waals surface area (Å²) in [6.07, 6.45) is 3.98. The Bertz CT molecular complexity index is 362. The topological polar surface area (TPSA) is 95.5 Å². The molecule has 0 aromatic carbocycles. The molecule has 0 unspecified atom stereocenters. The van der Waals surface area contributed by atoms with Crippen molar-refractivity contribution in [1.82, 2.24) is 10.9 Å². The van der Waals surface area contributed by atoms with Crippen molar-refractivity contribution in [3.63, 3.8) is 0 Å². The van der Waals surface area contributed by atoms with Crippen molar-refractivity contribution in [2.75, 3.05) is 0 Å². The number of hydrogen-bond donors (Lipinski definition) is 3. The molecular weight excluding hydrogens is 224 g/mol. The van der Waals surface area contributed by atoms with Gasteiger partial charge in [0.15, 0.2) is 0 Å². The van der Waals surface area contributed by atoms with Crippen molar-refractivity contribution < 1.29 is 19.5 Å². The number of hydrazine groups is 1. The van der Waals surface area contributed by atoms with E-state index in [-0.39, 0.29) is 30.1 Å². The lowest BCUT2D eigenvalue weighted by Crippen LogP contribution is -2.43. The Labute approximate surface area is 98.7 Å². The molecule has 2 aliphatic carbocycles. The first-order valence-corrected chi connectivity index (χ1v) is 5.84. The Morgan fingerprint density at radius 2 is 1.88 bits per heavy atom. The van der Waals surface area contributed by atoms with E-state index in [9.17, 15) is 14.4 Å². The Morgan fingerprint density at radius 1 is 1.18 bits per heavy atom. The van der Waals surface area contributed by atoms with Crippen molar-refractivity contribution in [2.24, 2.45) is 11.3 Å². The smallest absolute Gasteiger partial charge is 0.303 e. The molecule has 6 nitrogen and oxygen atoms in total. The molecule has 17 heavy (non-hydrogen) atoms. The highest BCUT2D eigenvalue weighted by molar-refractivity contribution is 5.86. The van der Waals surface area contributed by atoms with Crippen LogP contribution in [0, 0.1) is 11.3 Å². The molecule has 2 saturated carbocycles. The SMILES string of the molecule is O=C(O)CCC(=O)NNC(=O)[C@@H]1CC12CCC2. The summed E-state index contributed by atoms with van der Waals surface area (Å²) in [6.45, 7) is 0. The Morgan fingerprint density at radius 3 is 2.35 bits per heavy atom. The van der Waals surface area contributed by atoms with Gasteiger partial charge in [-0.3, -0.25) is 25.2 Å². The predicted octanol–water partition coefficient (Wildman–Crippen LogP) is 0.189. The molecule has 3 N–H and O–H groups in total. The summed E-state index contributed by atoms with van der Waals surface area (Å²) < 4.78 is 0. The largest absolute Gasteiger partial charge is 0.481 e. The molecular formula is C11H16N2O4. The third-order valence-electron chi connectivity index (χ3n) is 3.75. The van der Waals surface area contributed by atoms with Gasteiger partial charge in [-0.25, -0.2) is 0 Å². The number of carboxylic acid groups (broad SMARTS) is 1. The Balaban J connectivity index is 1.63. The third kappa shape index (κ3) is 2.57. The van der Waals surface area contributed by atoms with Gasteiger partial charge >= 0.3 is 5.97 Å². The minimum atomic E-state index is -1.03. The van der Waals surface area contributed by atoms with E-state index in [2.05, 4.69) is 10.9 Å². The first-order valence-electron chi connectivity index (χ1n) is 5.84. The zero-order valence-electron chi connectivity index (χ0n) is 9.49. The summed E-state index contributed by atoms with van der Waals surface area (Å²) >= 11 is 0. The van der Waals surface area contributed by atoms with E-state index in [4.69, 9.17) is 5.11 Å². The van der Waals surface area contributed by atoms with Crippen LogP contribution in [0.2, 0.25) is 0 Å². The molecule has 0 saturated heterocycles. The number of aliphatic carboxylic acids is 1. The van der Waals surface area contributed by atoms with Crippen LogP contribution >= 0.6 is 0 Å². The average Bonchev–Trinajstić information content (AvgIpc) is 2.98. The van der Waals surface area contributed by atoms with Gasteiger partial charge in [-0.2, -0.15) is 0 Å². The van der Waals surface area contributed by atoms with Gasteiger partial charge in [-0.1, -0.05) is 6.42 Å². The molecule has 2 rings (SSSR count). The summed E-state index contributed by atoms with van der Waals surface area (Å²) in [5, 5.41) is 8.38. The van der Waals surface area contributed by atoms with E-state index >= 15 is 0 Å². The van der Waals surface area contributed by atoms with Crippen LogP contribution in [0.25, 0.3) is 0 Å². The monoisotopic (exact) mass is 240 g/mol. The van der Waals surface area contributed by atoms with Crippen LogP contribution in [-0.2, 0) is 14.4 Å². The number of rotatable bonds is 4.